The molecule has 0 spiro atoms. The van der Waals surface area contributed by atoms with Crippen molar-refractivity contribution in [2.75, 3.05) is 6.79 Å². The van der Waals surface area contributed by atoms with Gasteiger partial charge in [0.15, 0.2) is 6.79 Å². The number of aryl methyl sites for hydroxylation is 3. The van der Waals surface area contributed by atoms with E-state index in [1.807, 2.05) is 32.9 Å². The lowest BCUT2D eigenvalue weighted by Gasteiger charge is -2.20. The number of non-ortho nitro benzene ring substituents is 1. The molecule has 0 saturated carbocycles. The highest BCUT2D eigenvalue weighted by molar-refractivity contribution is 5.92. The second kappa shape index (κ2) is 7.13. The smallest absolute Gasteiger partial charge is 0.339 e. The van der Waals surface area contributed by atoms with Crippen LogP contribution in [0, 0.1) is 30.9 Å². The van der Waals surface area contributed by atoms with Crippen LogP contribution < -0.4 is 4.74 Å². The van der Waals surface area contributed by atoms with E-state index in [0.717, 1.165) is 16.7 Å². The molecule has 0 bridgehead atoms. The first-order valence-corrected chi connectivity index (χ1v) is 8.12. The average Bonchev–Trinajstić information content (AvgIpc) is 2.58. The molecule has 2 aromatic carbocycles. The van der Waals surface area contributed by atoms with Crippen LogP contribution in [0.15, 0.2) is 24.3 Å². The summed E-state index contributed by atoms with van der Waals surface area (Å²) in [5.41, 5.74) is 4.17. The number of hydrogen-bond acceptors (Lipinski definition) is 6. The number of hydrogen-bond donors (Lipinski definition) is 0. The predicted octanol–water partition coefficient (Wildman–Crippen LogP) is 3.74. The molecule has 1 aliphatic rings. The molecule has 136 valence electrons. The van der Waals surface area contributed by atoms with Crippen molar-refractivity contribution in [1.29, 1.82) is 0 Å². The van der Waals surface area contributed by atoms with Crippen molar-refractivity contribution in [2.45, 2.75) is 34.0 Å². The SMILES string of the molecule is Cc1cc(C)c(C(=O)OCc2cc([N+](=O)[O-])cc3c2OCOC3)c(C)c1. The van der Waals surface area contributed by atoms with Crippen LogP contribution in [0.4, 0.5) is 5.69 Å². The maximum atomic E-state index is 12.5. The third-order valence-electron chi connectivity index (χ3n) is 4.22. The summed E-state index contributed by atoms with van der Waals surface area (Å²) in [5, 5.41) is 11.1. The Hall–Kier alpha value is -2.93. The first-order chi connectivity index (χ1) is 12.4. The molecule has 0 fully saturated rings. The van der Waals surface area contributed by atoms with Crippen LogP contribution in [0.5, 0.6) is 5.75 Å². The van der Waals surface area contributed by atoms with E-state index in [9.17, 15) is 14.9 Å². The Kier molecular flexibility index (Phi) is 4.90. The number of rotatable bonds is 4. The van der Waals surface area contributed by atoms with Crippen molar-refractivity contribution in [3.8, 4) is 5.75 Å². The first kappa shape index (κ1) is 17.9. The van der Waals surface area contributed by atoms with Gasteiger partial charge in [-0.2, -0.15) is 0 Å². The second-order valence-corrected chi connectivity index (χ2v) is 6.31. The number of nitro benzene ring substituents is 1. The van der Waals surface area contributed by atoms with E-state index in [-0.39, 0.29) is 25.7 Å². The van der Waals surface area contributed by atoms with E-state index in [0.29, 0.717) is 22.4 Å². The molecule has 0 atom stereocenters. The molecule has 0 saturated heterocycles. The van der Waals surface area contributed by atoms with Gasteiger partial charge in [0.1, 0.15) is 12.4 Å². The normalized spacial score (nSPS) is 12.9. The number of carbonyl (C=O) groups is 1. The molecule has 0 amide bonds. The molecule has 0 aliphatic carbocycles. The van der Waals surface area contributed by atoms with Crippen LogP contribution in [0.25, 0.3) is 0 Å². The van der Waals surface area contributed by atoms with Gasteiger partial charge in [0.2, 0.25) is 0 Å². The third kappa shape index (κ3) is 3.52. The Morgan fingerprint density at radius 2 is 1.88 bits per heavy atom. The molecule has 0 aromatic heterocycles. The molecule has 2 aromatic rings. The van der Waals surface area contributed by atoms with Crippen LogP contribution in [-0.4, -0.2) is 17.7 Å². The quantitative estimate of drug-likeness (QED) is 0.470. The fourth-order valence-electron chi connectivity index (χ4n) is 3.21. The average molecular weight is 357 g/mol. The lowest BCUT2D eigenvalue weighted by molar-refractivity contribution is -0.385. The van der Waals surface area contributed by atoms with Crippen LogP contribution >= 0.6 is 0 Å². The Morgan fingerprint density at radius 1 is 1.19 bits per heavy atom. The zero-order chi connectivity index (χ0) is 18.8. The van der Waals surface area contributed by atoms with Gasteiger partial charge in [0, 0.05) is 23.3 Å². The summed E-state index contributed by atoms with van der Waals surface area (Å²) in [6.07, 6.45) is 0. The second-order valence-electron chi connectivity index (χ2n) is 6.31. The molecule has 7 heteroatoms. The summed E-state index contributed by atoms with van der Waals surface area (Å²) in [6.45, 7) is 5.83. The zero-order valence-corrected chi connectivity index (χ0v) is 14.8. The van der Waals surface area contributed by atoms with Gasteiger partial charge in [-0.3, -0.25) is 10.1 Å². The molecule has 1 aliphatic heterocycles. The minimum Gasteiger partial charge on any atom is -0.467 e. The maximum Gasteiger partial charge on any atom is 0.339 e. The van der Waals surface area contributed by atoms with Gasteiger partial charge in [-0.1, -0.05) is 17.7 Å². The van der Waals surface area contributed by atoms with E-state index in [1.165, 1.54) is 12.1 Å². The number of ether oxygens (including phenoxy) is 3. The molecule has 0 radical (unpaired) electrons. The maximum absolute atomic E-state index is 12.5. The molecule has 0 N–H and O–H groups in total. The van der Waals surface area contributed by atoms with E-state index in [1.54, 1.807) is 0 Å². The zero-order valence-electron chi connectivity index (χ0n) is 14.8. The van der Waals surface area contributed by atoms with E-state index < -0.39 is 10.9 Å². The van der Waals surface area contributed by atoms with Crippen LogP contribution in [0.2, 0.25) is 0 Å². The minimum atomic E-state index is -0.492. The molecule has 0 unspecified atom stereocenters. The Morgan fingerprint density at radius 3 is 2.54 bits per heavy atom. The van der Waals surface area contributed by atoms with Crippen LogP contribution in [0.3, 0.4) is 0 Å². The molecule has 26 heavy (non-hydrogen) atoms. The minimum absolute atomic E-state index is 0.0575. The number of nitro groups is 1. The van der Waals surface area contributed by atoms with Gasteiger partial charge in [-0.15, -0.1) is 0 Å². The molecule has 3 rings (SSSR count). The molecular weight excluding hydrogens is 338 g/mol. The number of nitrogens with zero attached hydrogens (tertiary/aromatic N) is 1. The summed E-state index contributed by atoms with van der Waals surface area (Å²) < 4.78 is 16.1. The van der Waals surface area contributed by atoms with Gasteiger partial charge in [0.05, 0.1) is 17.1 Å². The van der Waals surface area contributed by atoms with Gasteiger partial charge in [0.25, 0.3) is 5.69 Å². The van der Waals surface area contributed by atoms with Gasteiger partial charge in [-0.25, -0.2) is 4.79 Å². The van der Waals surface area contributed by atoms with Crippen molar-refractivity contribution < 1.29 is 23.9 Å². The third-order valence-corrected chi connectivity index (χ3v) is 4.22. The topological polar surface area (TPSA) is 87.9 Å². The monoisotopic (exact) mass is 357 g/mol. The van der Waals surface area contributed by atoms with E-state index in [2.05, 4.69) is 0 Å². The van der Waals surface area contributed by atoms with E-state index in [4.69, 9.17) is 14.2 Å². The summed E-state index contributed by atoms with van der Waals surface area (Å²) in [5.74, 6) is 0.0133. The molecule has 7 nitrogen and oxygen atoms in total. The molecular formula is C19H19NO6. The standard InChI is InChI=1S/C19H19NO6/c1-11-4-12(2)17(13(3)5-11)19(21)25-9-15-7-16(20(22)23)6-14-8-24-10-26-18(14)15/h4-7H,8-10H2,1-3H3. The number of esters is 1. The number of fused-ring (bicyclic) bond motifs is 1. The summed E-state index contributed by atoms with van der Waals surface area (Å²) in [7, 11) is 0. The Balaban J connectivity index is 1.87. The highest BCUT2D eigenvalue weighted by Crippen LogP contribution is 2.33. The summed E-state index contributed by atoms with van der Waals surface area (Å²) in [6, 6.07) is 6.61. The van der Waals surface area contributed by atoms with Crippen molar-refractivity contribution >= 4 is 11.7 Å². The van der Waals surface area contributed by atoms with Gasteiger partial charge in [-0.05, 0) is 31.9 Å². The fourth-order valence-corrected chi connectivity index (χ4v) is 3.21. The van der Waals surface area contributed by atoms with Gasteiger partial charge < -0.3 is 14.2 Å². The number of benzene rings is 2. The summed E-state index contributed by atoms with van der Waals surface area (Å²) >= 11 is 0. The van der Waals surface area contributed by atoms with Crippen LogP contribution in [0.1, 0.15) is 38.2 Å². The lowest BCUT2D eigenvalue weighted by atomic mass is 10.00. The molecule has 1 heterocycles. The Labute approximate surface area is 150 Å². The van der Waals surface area contributed by atoms with Crippen molar-refractivity contribution in [3.63, 3.8) is 0 Å². The fraction of sp³-hybridized carbons (Fsp3) is 0.316. The van der Waals surface area contributed by atoms with Gasteiger partial charge >= 0.3 is 5.97 Å². The number of carbonyl (C=O) groups excluding carboxylic acids is 1. The lowest BCUT2D eigenvalue weighted by Crippen LogP contribution is -2.15. The van der Waals surface area contributed by atoms with Crippen molar-refractivity contribution in [1.82, 2.24) is 0 Å². The largest absolute Gasteiger partial charge is 0.467 e. The highest BCUT2D eigenvalue weighted by Gasteiger charge is 2.22. The first-order valence-electron chi connectivity index (χ1n) is 8.12. The Bertz CT molecular complexity index is 867. The predicted molar refractivity (Wildman–Crippen MR) is 93.2 cm³/mol. The van der Waals surface area contributed by atoms with Crippen LogP contribution in [-0.2, 0) is 22.7 Å². The van der Waals surface area contributed by atoms with Crippen molar-refractivity contribution in [3.05, 3.63) is 67.8 Å². The van der Waals surface area contributed by atoms with Crippen molar-refractivity contribution in [2.24, 2.45) is 0 Å². The van der Waals surface area contributed by atoms with E-state index >= 15 is 0 Å². The highest BCUT2D eigenvalue weighted by atomic mass is 16.7. The summed E-state index contributed by atoms with van der Waals surface area (Å²) in [4.78, 5) is 23.2.